The molecule has 90 valence electrons. The van der Waals surface area contributed by atoms with Crippen LogP contribution in [0.15, 0.2) is 24.3 Å². The summed E-state index contributed by atoms with van der Waals surface area (Å²) in [7, 11) is 0. The van der Waals surface area contributed by atoms with Gasteiger partial charge in [-0.3, -0.25) is 14.5 Å². The van der Waals surface area contributed by atoms with Gasteiger partial charge in [-0.05, 0) is 17.5 Å². The molecule has 1 aliphatic rings. The van der Waals surface area contributed by atoms with Crippen molar-refractivity contribution in [1.82, 2.24) is 4.90 Å². The third-order valence-electron chi connectivity index (χ3n) is 3.05. The van der Waals surface area contributed by atoms with Crippen molar-refractivity contribution in [3.63, 3.8) is 0 Å². The minimum absolute atomic E-state index is 0.343. The number of aldehydes is 1. The molecule has 1 heterocycles. The van der Waals surface area contributed by atoms with Gasteiger partial charge < -0.3 is 0 Å². The Balaban J connectivity index is 2.26. The SMILES string of the molecule is O=CC(=O)C1c2ccccc2CN1CCCBr. The molecule has 1 unspecified atom stereocenters. The second-order valence-corrected chi connectivity index (χ2v) is 4.93. The lowest BCUT2D eigenvalue weighted by atomic mass is 10.0. The van der Waals surface area contributed by atoms with E-state index in [2.05, 4.69) is 20.8 Å². The Hall–Kier alpha value is -1.00. The summed E-state index contributed by atoms with van der Waals surface area (Å²) in [5.41, 5.74) is 2.14. The van der Waals surface area contributed by atoms with Crippen LogP contribution in [0.2, 0.25) is 0 Å². The maximum absolute atomic E-state index is 11.7. The molecule has 1 atom stereocenters. The number of rotatable bonds is 5. The van der Waals surface area contributed by atoms with E-state index in [1.54, 1.807) is 0 Å². The van der Waals surface area contributed by atoms with Gasteiger partial charge in [-0.15, -0.1) is 0 Å². The first-order chi connectivity index (χ1) is 8.27. The van der Waals surface area contributed by atoms with Crippen LogP contribution < -0.4 is 0 Å². The van der Waals surface area contributed by atoms with Crippen LogP contribution in [0.25, 0.3) is 0 Å². The molecule has 0 saturated heterocycles. The summed E-state index contributed by atoms with van der Waals surface area (Å²) in [6, 6.07) is 7.47. The molecule has 4 heteroatoms. The van der Waals surface area contributed by atoms with Crippen LogP contribution in [0.4, 0.5) is 0 Å². The molecule has 2 rings (SSSR count). The number of hydrogen-bond donors (Lipinski definition) is 0. The van der Waals surface area contributed by atoms with Crippen molar-refractivity contribution < 1.29 is 9.59 Å². The Morgan fingerprint density at radius 2 is 2.24 bits per heavy atom. The number of carbonyl (C=O) groups excluding carboxylic acids is 2. The van der Waals surface area contributed by atoms with Crippen LogP contribution in [-0.2, 0) is 16.1 Å². The zero-order valence-corrected chi connectivity index (χ0v) is 11.0. The summed E-state index contributed by atoms with van der Waals surface area (Å²) < 4.78 is 0. The van der Waals surface area contributed by atoms with Gasteiger partial charge in [0.15, 0.2) is 6.29 Å². The van der Waals surface area contributed by atoms with Gasteiger partial charge in [0.1, 0.15) is 6.04 Å². The second kappa shape index (κ2) is 5.56. The third kappa shape index (κ3) is 2.48. The van der Waals surface area contributed by atoms with E-state index in [0.717, 1.165) is 36.0 Å². The summed E-state index contributed by atoms with van der Waals surface area (Å²) in [4.78, 5) is 24.5. The van der Waals surface area contributed by atoms with E-state index in [1.807, 2.05) is 24.3 Å². The fourth-order valence-corrected chi connectivity index (χ4v) is 2.57. The van der Waals surface area contributed by atoms with Crippen molar-refractivity contribution in [2.24, 2.45) is 0 Å². The third-order valence-corrected chi connectivity index (χ3v) is 3.61. The lowest BCUT2D eigenvalue weighted by Crippen LogP contribution is -2.30. The highest BCUT2D eigenvalue weighted by Crippen LogP contribution is 2.33. The molecule has 17 heavy (non-hydrogen) atoms. The Kier molecular flexibility index (Phi) is 4.07. The molecule has 3 nitrogen and oxygen atoms in total. The quantitative estimate of drug-likeness (QED) is 0.474. The van der Waals surface area contributed by atoms with Crippen molar-refractivity contribution in [2.75, 3.05) is 11.9 Å². The average Bonchev–Trinajstić information content (AvgIpc) is 2.73. The van der Waals surface area contributed by atoms with Crippen molar-refractivity contribution in [3.8, 4) is 0 Å². The van der Waals surface area contributed by atoms with E-state index >= 15 is 0 Å². The second-order valence-electron chi connectivity index (χ2n) is 4.13. The Labute approximate surface area is 109 Å². The number of fused-ring (bicyclic) bond motifs is 1. The van der Waals surface area contributed by atoms with E-state index < -0.39 is 0 Å². The number of ketones is 1. The Bertz CT molecular complexity index is 433. The number of benzene rings is 1. The summed E-state index contributed by atoms with van der Waals surface area (Å²) in [6.07, 6.45) is 1.41. The first-order valence-electron chi connectivity index (χ1n) is 5.64. The van der Waals surface area contributed by atoms with Gasteiger partial charge in [0.2, 0.25) is 5.78 Å². The predicted molar refractivity (Wildman–Crippen MR) is 69.1 cm³/mol. The fourth-order valence-electron chi connectivity index (χ4n) is 2.32. The van der Waals surface area contributed by atoms with Gasteiger partial charge in [0, 0.05) is 18.4 Å². The monoisotopic (exact) mass is 295 g/mol. The van der Waals surface area contributed by atoms with Crippen molar-refractivity contribution in [2.45, 2.75) is 19.0 Å². The lowest BCUT2D eigenvalue weighted by molar-refractivity contribution is -0.133. The number of hydrogen-bond acceptors (Lipinski definition) is 3. The molecule has 0 spiro atoms. The fraction of sp³-hybridized carbons (Fsp3) is 0.385. The van der Waals surface area contributed by atoms with Gasteiger partial charge in [-0.25, -0.2) is 0 Å². The number of alkyl halides is 1. The summed E-state index contributed by atoms with van der Waals surface area (Å²) in [5, 5.41) is 0.905. The summed E-state index contributed by atoms with van der Waals surface area (Å²) in [6.45, 7) is 1.58. The van der Waals surface area contributed by atoms with Crippen molar-refractivity contribution in [3.05, 3.63) is 35.4 Å². The first kappa shape index (κ1) is 12.5. The minimum Gasteiger partial charge on any atom is -0.295 e. The molecule has 0 bridgehead atoms. The molecule has 0 aromatic heterocycles. The zero-order valence-electron chi connectivity index (χ0n) is 9.43. The highest BCUT2D eigenvalue weighted by atomic mass is 79.9. The molecule has 1 aliphatic heterocycles. The maximum atomic E-state index is 11.7. The molecule has 0 amide bonds. The largest absolute Gasteiger partial charge is 0.295 e. The highest BCUT2D eigenvalue weighted by Gasteiger charge is 2.34. The molecule has 0 N–H and O–H groups in total. The average molecular weight is 296 g/mol. The van der Waals surface area contributed by atoms with Crippen molar-refractivity contribution >= 4 is 28.0 Å². The molecule has 1 aromatic carbocycles. The van der Waals surface area contributed by atoms with E-state index in [0.29, 0.717) is 6.29 Å². The number of carbonyl (C=O) groups is 2. The molecule has 0 fully saturated rings. The highest BCUT2D eigenvalue weighted by molar-refractivity contribution is 9.09. The molecular formula is C13H14BrNO2. The van der Waals surface area contributed by atoms with Crippen molar-refractivity contribution in [1.29, 1.82) is 0 Å². The van der Waals surface area contributed by atoms with Crippen LogP contribution in [-0.4, -0.2) is 28.8 Å². The van der Waals surface area contributed by atoms with Crippen LogP contribution in [0.5, 0.6) is 0 Å². The Morgan fingerprint density at radius 1 is 1.47 bits per heavy atom. The first-order valence-corrected chi connectivity index (χ1v) is 6.77. The van der Waals surface area contributed by atoms with Crippen LogP contribution in [0, 0.1) is 0 Å². The topological polar surface area (TPSA) is 37.4 Å². The van der Waals surface area contributed by atoms with Gasteiger partial charge in [0.05, 0.1) is 0 Å². The molecule has 1 aromatic rings. The molecule has 0 aliphatic carbocycles. The van der Waals surface area contributed by atoms with E-state index in [-0.39, 0.29) is 11.8 Å². The molecule has 0 radical (unpaired) electrons. The number of Topliss-reactive ketones (excluding diaryl/α,β-unsaturated/α-hetero) is 1. The predicted octanol–water partition coefficient (Wildman–Crippen LogP) is 2.10. The number of nitrogens with zero attached hydrogens (tertiary/aromatic N) is 1. The summed E-state index contributed by atoms with van der Waals surface area (Å²) >= 11 is 3.38. The molecular weight excluding hydrogens is 282 g/mol. The Morgan fingerprint density at radius 3 is 2.94 bits per heavy atom. The van der Waals surface area contributed by atoms with Gasteiger partial charge >= 0.3 is 0 Å². The van der Waals surface area contributed by atoms with Crippen LogP contribution in [0.1, 0.15) is 23.6 Å². The van der Waals surface area contributed by atoms with E-state index in [1.165, 1.54) is 0 Å². The maximum Gasteiger partial charge on any atom is 0.216 e. The molecule has 0 saturated carbocycles. The zero-order chi connectivity index (χ0) is 12.3. The van der Waals surface area contributed by atoms with Crippen LogP contribution in [0.3, 0.4) is 0 Å². The van der Waals surface area contributed by atoms with Gasteiger partial charge in [0.25, 0.3) is 0 Å². The van der Waals surface area contributed by atoms with Gasteiger partial charge in [-0.2, -0.15) is 0 Å². The minimum atomic E-state index is -0.372. The lowest BCUT2D eigenvalue weighted by Gasteiger charge is -2.21. The van der Waals surface area contributed by atoms with Crippen LogP contribution >= 0.6 is 15.9 Å². The smallest absolute Gasteiger partial charge is 0.216 e. The number of halogens is 1. The van der Waals surface area contributed by atoms with E-state index in [9.17, 15) is 9.59 Å². The van der Waals surface area contributed by atoms with Gasteiger partial charge in [-0.1, -0.05) is 40.2 Å². The summed E-state index contributed by atoms with van der Waals surface area (Å²) in [5.74, 6) is -0.343. The van der Waals surface area contributed by atoms with E-state index in [4.69, 9.17) is 0 Å². The standard InChI is InChI=1S/C13H14BrNO2/c14-6-3-7-15-8-10-4-1-2-5-11(10)13(15)12(17)9-16/h1-2,4-5,9,13H,3,6-8H2. The normalized spacial score (nSPS) is 19.0.